The molecule has 1 heterocycles. The molecule has 0 saturated carbocycles. The minimum Gasteiger partial charge on any atom is -0.280 e. The van der Waals surface area contributed by atoms with Gasteiger partial charge >= 0.3 is 0 Å². The molecule has 0 aliphatic heterocycles. The number of benzene rings is 2. The molecule has 2 aromatic carbocycles. The molecule has 0 atom stereocenters. The quantitative estimate of drug-likeness (QED) is 0.788. The van der Waals surface area contributed by atoms with Crippen LogP contribution in [0, 0.1) is 12.7 Å². The molecule has 9 heteroatoms. The van der Waals surface area contributed by atoms with Gasteiger partial charge in [0.15, 0.2) is 0 Å². The average Bonchev–Trinajstić information content (AvgIpc) is 3.01. The van der Waals surface area contributed by atoms with Gasteiger partial charge in [-0.05, 0) is 65.4 Å². The number of sulfonamides is 1. The minimum atomic E-state index is -3.79. The van der Waals surface area contributed by atoms with E-state index >= 15 is 0 Å². The summed E-state index contributed by atoms with van der Waals surface area (Å²) in [4.78, 5) is 0.0310. The van der Waals surface area contributed by atoms with Gasteiger partial charge < -0.3 is 0 Å². The maximum atomic E-state index is 13.1. The van der Waals surface area contributed by atoms with Crippen molar-refractivity contribution in [2.45, 2.75) is 11.8 Å². The zero-order valence-electron chi connectivity index (χ0n) is 12.0. The lowest BCUT2D eigenvalue weighted by Crippen LogP contribution is -2.14. The SMILES string of the molecule is Cc1cc(F)ccc1S(=O)(=O)Nc1ccc(-n2cnnn2)cc1. The van der Waals surface area contributed by atoms with E-state index < -0.39 is 15.8 Å². The van der Waals surface area contributed by atoms with Crippen LogP contribution < -0.4 is 4.72 Å². The van der Waals surface area contributed by atoms with Crippen molar-refractivity contribution in [3.63, 3.8) is 0 Å². The molecule has 0 aliphatic carbocycles. The summed E-state index contributed by atoms with van der Waals surface area (Å²) in [6.07, 6.45) is 1.43. The van der Waals surface area contributed by atoms with Gasteiger partial charge in [0.1, 0.15) is 12.1 Å². The van der Waals surface area contributed by atoms with Crippen molar-refractivity contribution in [3.05, 3.63) is 60.2 Å². The van der Waals surface area contributed by atoms with Gasteiger partial charge in [-0.25, -0.2) is 17.5 Å². The van der Waals surface area contributed by atoms with Crippen LogP contribution in [-0.4, -0.2) is 28.6 Å². The lowest BCUT2D eigenvalue weighted by molar-refractivity contribution is 0.598. The van der Waals surface area contributed by atoms with Crippen LogP contribution in [0.2, 0.25) is 0 Å². The highest BCUT2D eigenvalue weighted by atomic mass is 32.2. The number of nitrogens with one attached hydrogen (secondary N) is 1. The number of nitrogens with zero attached hydrogens (tertiary/aromatic N) is 4. The van der Waals surface area contributed by atoms with Crippen molar-refractivity contribution in [2.75, 3.05) is 4.72 Å². The molecule has 0 amide bonds. The predicted octanol–water partition coefficient (Wildman–Crippen LogP) is 1.91. The first-order valence-electron chi connectivity index (χ1n) is 6.58. The fraction of sp³-hybridized carbons (Fsp3) is 0.0714. The topological polar surface area (TPSA) is 89.8 Å². The van der Waals surface area contributed by atoms with Crippen LogP contribution >= 0.6 is 0 Å². The van der Waals surface area contributed by atoms with E-state index in [9.17, 15) is 12.8 Å². The normalized spacial score (nSPS) is 11.4. The standard InChI is InChI=1S/C14H12FN5O2S/c1-10-8-11(15)2-7-14(10)23(21,22)17-12-3-5-13(6-4-12)20-9-16-18-19-20/h2-9,17H,1H3. The van der Waals surface area contributed by atoms with Crippen molar-refractivity contribution < 1.29 is 12.8 Å². The van der Waals surface area contributed by atoms with Crippen molar-refractivity contribution in [1.82, 2.24) is 20.2 Å². The molecule has 0 saturated heterocycles. The highest BCUT2D eigenvalue weighted by molar-refractivity contribution is 7.92. The maximum absolute atomic E-state index is 13.1. The highest BCUT2D eigenvalue weighted by Gasteiger charge is 2.17. The first kappa shape index (κ1) is 15.1. The molecule has 7 nitrogen and oxygen atoms in total. The molecular formula is C14H12FN5O2S. The predicted molar refractivity (Wildman–Crippen MR) is 81.1 cm³/mol. The van der Waals surface area contributed by atoms with Crippen molar-refractivity contribution in [1.29, 1.82) is 0 Å². The van der Waals surface area contributed by atoms with Gasteiger partial charge in [-0.1, -0.05) is 0 Å². The Hall–Kier alpha value is -2.81. The molecule has 0 fully saturated rings. The Kier molecular flexibility index (Phi) is 3.78. The number of rotatable bonds is 4. The van der Waals surface area contributed by atoms with E-state index in [1.807, 2.05) is 0 Å². The Morgan fingerprint density at radius 3 is 2.48 bits per heavy atom. The van der Waals surface area contributed by atoms with E-state index in [2.05, 4.69) is 20.2 Å². The molecule has 1 aromatic heterocycles. The van der Waals surface area contributed by atoms with Gasteiger partial charge in [-0.3, -0.25) is 4.72 Å². The second-order valence-electron chi connectivity index (χ2n) is 4.82. The highest BCUT2D eigenvalue weighted by Crippen LogP contribution is 2.21. The summed E-state index contributed by atoms with van der Waals surface area (Å²) in [6, 6.07) is 10.1. The molecule has 0 radical (unpaired) electrons. The molecule has 0 aliphatic rings. The summed E-state index contributed by atoms with van der Waals surface area (Å²) in [5, 5.41) is 10.8. The number of tetrazole rings is 1. The number of aryl methyl sites for hydroxylation is 1. The largest absolute Gasteiger partial charge is 0.280 e. The van der Waals surface area contributed by atoms with Crippen molar-refractivity contribution in [2.24, 2.45) is 0 Å². The number of halogens is 1. The monoisotopic (exact) mass is 333 g/mol. The zero-order valence-corrected chi connectivity index (χ0v) is 12.8. The van der Waals surface area contributed by atoms with E-state index in [1.54, 1.807) is 31.2 Å². The molecule has 0 spiro atoms. The summed E-state index contributed by atoms with van der Waals surface area (Å²) in [6.45, 7) is 1.54. The molecule has 0 unspecified atom stereocenters. The maximum Gasteiger partial charge on any atom is 0.262 e. The minimum absolute atomic E-state index is 0.0310. The Bertz CT molecular complexity index is 924. The van der Waals surface area contributed by atoms with Crippen LogP contribution in [0.4, 0.5) is 10.1 Å². The van der Waals surface area contributed by atoms with Crippen molar-refractivity contribution in [3.8, 4) is 5.69 Å². The molecule has 1 N–H and O–H groups in total. The summed E-state index contributed by atoms with van der Waals surface area (Å²) in [5.74, 6) is -0.479. The smallest absolute Gasteiger partial charge is 0.262 e. The average molecular weight is 333 g/mol. The van der Waals surface area contributed by atoms with Gasteiger partial charge in [-0.15, -0.1) is 5.10 Å². The molecule has 118 valence electrons. The fourth-order valence-corrected chi connectivity index (χ4v) is 3.37. The van der Waals surface area contributed by atoms with Crippen LogP contribution in [0.3, 0.4) is 0 Å². The summed E-state index contributed by atoms with van der Waals surface area (Å²) in [7, 11) is -3.79. The lowest BCUT2D eigenvalue weighted by atomic mass is 10.2. The third-order valence-corrected chi connectivity index (χ3v) is 4.70. The second-order valence-corrected chi connectivity index (χ2v) is 6.47. The second kappa shape index (κ2) is 5.76. The summed E-state index contributed by atoms with van der Waals surface area (Å²) < 4.78 is 41.8. The molecular weight excluding hydrogens is 321 g/mol. The van der Waals surface area contributed by atoms with E-state index in [0.29, 0.717) is 16.9 Å². The first-order valence-corrected chi connectivity index (χ1v) is 8.06. The van der Waals surface area contributed by atoms with Gasteiger partial charge in [0.25, 0.3) is 10.0 Å². The van der Waals surface area contributed by atoms with Crippen LogP contribution in [0.5, 0.6) is 0 Å². The van der Waals surface area contributed by atoms with Crippen LogP contribution in [-0.2, 0) is 10.0 Å². The van der Waals surface area contributed by atoms with Gasteiger partial charge in [0.2, 0.25) is 0 Å². The third kappa shape index (κ3) is 3.19. The Balaban J connectivity index is 1.86. The Morgan fingerprint density at radius 2 is 1.87 bits per heavy atom. The van der Waals surface area contributed by atoms with E-state index in [0.717, 1.165) is 6.07 Å². The van der Waals surface area contributed by atoms with Gasteiger partial charge in [0.05, 0.1) is 10.6 Å². The third-order valence-electron chi connectivity index (χ3n) is 3.16. The molecule has 23 heavy (non-hydrogen) atoms. The zero-order chi connectivity index (χ0) is 16.4. The number of aromatic nitrogens is 4. The van der Waals surface area contributed by atoms with Crippen LogP contribution in [0.25, 0.3) is 5.69 Å². The molecule has 3 aromatic rings. The summed E-state index contributed by atoms with van der Waals surface area (Å²) >= 11 is 0. The van der Waals surface area contributed by atoms with E-state index in [1.165, 1.54) is 23.1 Å². The van der Waals surface area contributed by atoms with E-state index in [-0.39, 0.29) is 4.90 Å². The Morgan fingerprint density at radius 1 is 1.13 bits per heavy atom. The van der Waals surface area contributed by atoms with E-state index in [4.69, 9.17) is 0 Å². The van der Waals surface area contributed by atoms with Crippen LogP contribution in [0.1, 0.15) is 5.56 Å². The molecule has 0 bridgehead atoms. The van der Waals surface area contributed by atoms with Crippen molar-refractivity contribution >= 4 is 15.7 Å². The fourth-order valence-electron chi connectivity index (χ4n) is 2.09. The Labute approximate surface area is 131 Å². The number of hydrogen-bond acceptors (Lipinski definition) is 5. The molecule has 3 rings (SSSR count). The number of hydrogen-bond donors (Lipinski definition) is 1. The lowest BCUT2D eigenvalue weighted by Gasteiger charge is -2.11. The van der Waals surface area contributed by atoms with Gasteiger partial charge in [0, 0.05) is 5.69 Å². The first-order chi connectivity index (χ1) is 11.0. The van der Waals surface area contributed by atoms with Gasteiger partial charge in [-0.2, -0.15) is 0 Å². The van der Waals surface area contributed by atoms with Crippen LogP contribution in [0.15, 0.2) is 53.7 Å². The number of anilines is 1. The summed E-state index contributed by atoms with van der Waals surface area (Å²) in [5.41, 5.74) is 1.41.